The van der Waals surface area contributed by atoms with Crippen LogP contribution in [0.3, 0.4) is 0 Å². The number of halogens is 1. The fourth-order valence-electron chi connectivity index (χ4n) is 19.5. The van der Waals surface area contributed by atoms with Crippen LogP contribution >= 0.6 is 15.9 Å². The van der Waals surface area contributed by atoms with Crippen molar-refractivity contribution >= 4 is 116 Å². The van der Waals surface area contributed by atoms with E-state index in [4.69, 9.17) is 0 Å². The molecule has 0 saturated carbocycles. The molecular formula is C120H82BBrN4O2. The summed E-state index contributed by atoms with van der Waals surface area (Å²) in [6.07, 6.45) is 0. The van der Waals surface area contributed by atoms with Crippen molar-refractivity contribution < 1.29 is 10.0 Å². The van der Waals surface area contributed by atoms with Gasteiger partial charge >= 0.3 is 7.12 Å². The number of aromatic nitrogens is 4. The molecule has 0 amide bonds. The van der Waals surface area contributed by atoms with Gasteiger partial charge in [0.2, 0.25) is 0 Å². The molecule has 0 bridgehead atoms. The van der Waals surface area contributed by atoms with Crippen molar-refractivity contribution in [1.29, 1.82) is 0 Å². The predicted octanol–water partition coefficient (Wildman–Crippen LogP) is 30.9. The maximum atomic E-state index is 9.43. The van der Waals surface area contributed by atoms with Gasteiger partial charge in [-0.2, -0.15) is 0 Å². The first-order chi connectivity index (χ1) is 63.4. The van der Waals surface area contributed by atoms with E-state index >= 15 is 0 Å². The van der Waals surface area contributed by atoms with Crippen LogP contribution in [-0.4, -0.2) is 35.4 Å². The first-order valence-corrected chi connectivity index (χ1v) is 44.3. The largest absolute Gasteiger partial charge is 0.488 e. The summed E-state index contributed by atoms with van der Waals surface area (Å²) in [5, 5.41) is 28.4. The minimum absolute atomic E-state index is 0.503. The van der Waals surface area contributed by atoms with Crippen LogP contribution in [-0.2, 0) is 0 Å². The van der Waals surface area contributed by atoms with E-state index in [-0.39, 0.29) is 0 Å². The number of hydrogen-bond donors (Lipinski definition) is 2. The summed E-state index contributed by atoms with van der Waals surface area (Å²) in [4.78, 5) is 0. The lowest BCUT2D eigenvalue weighted by Gasteiger charge is -2.24. The van der Waals surface area contributed by atoms with E-state index in [0.717, 1.165) is 54.5 Å². The third kappa shape index (κ3) is 14.0. The van der Waals surface area contributed by atoms with E-state index in [0.29, 0.717) is 5.46 Å². The molecule has 20 aromatic carbocycles. The fourth-order valence-corrected chi connectivity index (χ4v) is 19.9. The summed E-state index contributed by atoms with van der Waals surface area (Å²) < 4.78 is 10.6. The summed E-state index contributed by atoms with van der Waals surface area (Å²) in [5.74, 6) is 0. The van der Waals surface area contributed by atoms with Gasteiger partial charge < -0.3 is 28.3 Å². The van der Waals surface area contributed by atoms with Crippen molar-refractivity contribution in [3.63, 3.8) is 0 Å². The van der Waals surface area contributed by atoms with Gasteiger partial charge in [-0.15, -0.1) is 0 Å². The Balaban J connectivity index is 0.000000126. The first kappa shape index (κ1) is 78.1. The van der Waals surface area contributed by atoms with Crippen LogP contribution < -0.4 is 5.46 Å². The highest BCUT2D eigenvalue weighted by molar-refractivity contribution is 9.10. The molecule has 0 saturated heterocycles. The van der Waals surface area contributed by atoms with Crippen molar-refractivity contribution in [2.24, 2.45) is 0 Å². The van der Waals surface area contributed by atoms with Crippen molar-refractivity contribution in [3.05, 3.63) is 490 Å². The highest BCUT2D eigenvalue weighted by Crippen LogP contribution is 2.57. The number of fused-ring (bicyclic) bond motifs is 12. The average Bonchev–Trinajstić information content (AvgIpc) is 1.52. The summed E-state index contributed by atoms with van der Waals surface area (Å²) in [6, 6.07) is 173. The minimum Gasteiger partial charge on any atom is -0.423 e. The number of benzene rings is 20. The molecule has 6 nitrogen and oxygen atoms in total. The summed E-state index contributed by atoms with van der Waals surface area (Å²) in [7, 11) is -1.46. The topological polar surface area (TPSA) is 60.2 Å². The van der Waals surface area contributed by atoms with Gasteiger partial charge in [0, 0.05) is 104 Å². The molecule has 0 aliphatic rings. The number of para-hydroxylation sites is 6. The lowest BCUT2D eigenvalue weighted by atomic mass is 9.80. The molecule has 24 rings (SSSR count). The third-order valence-corrected chi connectivity index (χ3v) is 25.4. The molecule has 0 aliphatic heterocycles. The van der Waals surface area contributed by atoms with E-state index in [1.165, 1.54) is 160 Å². The molecule has 0 atom stereocenters. The van der Waals surface area contributed by atoms with Crippen LogP contribution in [0.4, 0.5) is 0 Å². The third-order valence-electron chi connectivity index (χ3n) is 24.9. The molecule has 604 valence electrons. The summed E-state index contributed by atoms with van der Waals surface area (Å²) in [6.45, 7) is 0. The van der Waals surface area contributed by atoms with Crippen LogP contribution in [0, 0.1) is 0 Å². The smallest absolute Gasteiger partial charge is 0.423 e. The van der Waals surface area contributed by atoms with Gasteiger partial charge in [-0.05, 0) is 181 Å². The monoisotopic (exact) mass is 1700 g/mol. The van der Waals surface area contributed by atoms with E-state index < -0.39 is 7.12 Å². The molecule has 2 N–H and O–H groups in total. The van der Waals surface area contributed by atoms with E-state index in [9.17, 15) is 10.0 Å². The standard InChI is InChI=1S/C60H40N2.C42H28BrN.C18H14BNO2/c1-7-21-41(22-8-1)55-56(42-23-9-2-10-24-42)58(44-27-13-4-14-28-44)60-59(57(55)43-25-11-3-12-26-43)51-40-46(36-38-54(51)62(60)48-31-17-6-18-32-48)45-35-37-53-50(39-45)49-33-19-20-34-52(49)61(53)47-29-15-5-16-30-47;43-33-26-27-36-35(28-33)41-39(31-20-10-3-11-21-31)37(29-16-6-1-7-17-29)38(30-18-8-2-9-19-30)40(32-22-12-4-13-23-32)42(41)44(36)34-24-14-5-15-25-34;21-19(22)13-10-11-18-16(12-13)15-8-4-5-9-17(15)20(18)14-6-2-1-3-7-14/h1-40H;1-28H;1-12,21-22H. The Bertz CT molecular complexity index is 8200. The number of rotatable bonds is 14. The Morgan fingerprint density at radius 1 is 0.172 bits per heavy atom. The van der Waals surface area contributed by atoms with Gasteiger partial charge in [-0.3, -0.25) is 0 Å². The molecule has 0 fully saturated rings. The lowest BCUT2D eigenvalue weighted by Crippen LogP contribution is -2.29. The van der Waals surface area contributed by atoms with Crippen LogP contribution in [0.1, 0.15) is 0 Å². The van der Waals surface area contributed by atoms with Gasteiger partial charge in [0.15, 0.2) is 0 Å². The SMILES string of the molecule is Brc1ccc2c(c1)c1c(-c3ccccc3)c(-c3ccccc3)c(-c3ccccc3)c(-c3ccccc3)c1n2-c1ccccc1.OB(O)c1ccc2c(c1)c1ccccc1n2-c1ccccc1.c1ccc(-c2c(-c3ccccc3)c(-c3ccccc3)c3c(c2-c2ccccc2)c2cc(-c4ccc5c(c4)c4ccccc4n5-c4ccccc4)ccc2n3-c2ccccc2)cc1. The van der Waals surface area contributed by atoms with Crippen molar-refractivity contribution in [1.82, 2.24) is 18.3 Å². The molecule has 0 spiro atoms. The highest BCUT2D eigenvalue weighted by atomic mass is 79.9. The Morgan fingerprint density at radius 2 is 0.406 bits per heavy atom. The van der Waals surface area contributed by atoms with E-state index in [1.54, 1.807) is 6.07 Å². The zero-order valence-corrected chi connectivity index (χ0v) is 71.4. The Morgan fingerprint density at radius 3 is 0.742 bits per heavy atom. The Kier molecular flexibility index (Phi) is 20.7. The first-order valence-electron chi connectivity index (χ1n) is 43.5. The zero-order chi connectivity index (χ0) is 85.5. The maximum Gasteiger partial charge on any atom is 0.488 e. The van der Waals surface area contributed by atoms with Crippen molar-refractivity contribution in [3.8, 4) is 123 Å². The quantitative estimate of drug-likeness (QED) is 0.107. The van der Waals surface area contributed by atoms with Crippen LogP contribution in [0.25, 0.3) is 210 Å². The molecule has 4 aromatic heterocycles. The maximum absolute atomic E-state index is 9.43. The molecule has 0 radical (unpaired) electrons. The van der Waals surface area contributed by atoms with Gasteiger partial charge in [0.1, 0.15) is 0 Å². The number of nitrogens with zero attached hydrogens (tertiary/aromatic N) is 4. The molecule has 0 unspecified atom stereocenters. The molecule has 128 heavy (non-hydrogen) atoms. The second-order valence-corrected chi connectivity index (χ2v) is 33.3. The lowest BCUT2D eigenvalue weighted by molar-refractivity contribution is 0.426. The number of hydrogen-bond acceptors (Lipinski definition) is 2. The molecule has 24 aromatic rings. The second kappa shape index (κ2) is 34.0. The average molecular weight is 1700 g/mol. The Hall–Kier alpha value is -15.9. The normalized spacial score (nSPS) is 11.4. The van der Waals surface area contributed by atoms with E-state index in [2.05, 4.69) is 471 Å². The zero-order valence-electron chi connectivity index (χ0n) is 69.8. The van der Waals surface area contributed by atoms with Crippen LogP contribution in [0.15, 0.2) is 490 Å². The van der Waals surface area contributed by atoms with Gasteiger partial charge in [-0.1, -0.05) is 392 Å². The van der Waals surface area contributed by atoms with Crippen molar-refractivity contribution in [2.45, 2.75) is 0 Å². The predicted molar refractivity (Wildman–Crippen MR) is 543 cm³/mol. The highest BCUT2D eigenvalue weighted by Gasteiger charge is 2.32. The second-order valence-electron chi connectivity index (χ2n) is 32.4. The minimum atomic E-state index is -1.46. The molecule has 0 aliphatic carbocycles. The molecule has 8 heteroatoms. The van der Waals surface area contributed by atoms with Gasteiger partial charge in [0.05, 0.1) is 44.1 Å². The molecule has 4 heterocycles. The van der Waals surface area contributed by atoms with Crippen LogP contribution in [0.5, 0.6) is 0 Å². The van der Waals surface area contributed by atoms with Crippen molar-refractivity contribution in [2.75, 3.05) is 0 Å². The van der Waals surface area contributed by atoms with Crippen LogP contribution in [0.2, 0.25) is 0 Å². The van der Waals surface area contributed by atoms with Gasteiger partial charge in [-0.25, -0.2) is 0 Å². The summed E-state index contributed by atoms with van der Waals surface area (Å²) in [5.41, 5.74) is 36.0. The Labute approximate surface area is 751 Å². The van der Waals surface area contributed by atoms with Gasteiger partial charge in [0.25, 0.3) is 0 Å². The fraction of sp³-hybridized carbons (Fsp3) is 0. The van der Waals surface area contributed by atoms with E-state index in [1.807, 2.05) is 42.5 Å². The summed E-state index contributed by atoms with van der Waals surface area (Å²) >= 11 is 3.83. The molecular weight excluding hydrogens is 1620 g/mol.